The zero-order valence-electron chi connectivity index (χ0n) is 15.2. The van der Waals surface area contributed by atoms with Gasteiger partial charge in [0.2, 0.25) is 0 Å². The first-order chi connectivity index (χ1) is 13.9. The van der Waals surface area contributed by atoms with Crippen LogP contribution in [0, 0.1) is 0 Å². The second kappa shape index (κ2) is 9.62. The molecule has 9 heteroatoms. The standard InChI is InChI=1S/C20H17Cl2NO6/c21-13-2-3-15(14(22)10-13)23-19(25)11-29-20(26)6-4-16(24)12-1-5-17-18(9-12)28-8-7-27-17/h1-3,5,9-10H,4,6-8,11H2,(H,23,25). The zero-order chi connectivity index (χ0) is 20.8. The van der Waals surface area contributed by atoms with E-state index in [0.29, 0.717) is 41.0 Å². The third-order valence-corrected chi connectivity index (χ3v) is 4.54. The molecule has 1 heterocycles. The summed E-state index contributed by atoms with van der Waals surface area (Å²) in [6, 6.07) is 9.45. The SMILES string of the molecule is O=C(COC(=O)CCC(=O)c1ccc2c(c1)OCCO2)Nc1ccc(Cl)cc1Cl. The Bertz CT molecular complexity index is 947. The minimum atomic E-state index is -0.659. The predicted octanol–water partition coefficient (Wildman–Crippen LogP) is 3.91. The number of halogens is 2. The Morgan fingerprint density at radius 1 is 0.966 bits per heavy atom. The van der Waals surface area contributed by atoms with Crippen molar-refractivity contribution in [2.45, 2.75) is 12.8 Å². The fourth-order valence-electron chi connectivity index (χ4n) is 2.57. The molecule has 0 unspecified atom stereocenters. The second-order valence-electron chi connectivity index (χ2n) is 6.11. The number of carbonyl (C=O) groups excluding carboxylic acids is 3. The van der Waals surface area contributed by atoms with Crippen LogP contribution in [0.25, 0.3) is 0 Å². The molecule has 1 N–H and O–H groups in total. The largest absolute Gasteiger partial charge is 0.486 e. The van der Waals surface area contributed by atoms with Crippen LogP contribution in [0.1, 0.15) is 23.2 Å². The zero-order valence-corrected chi connectivity index (χ0v) is 16.7. The number of ketones is 1. The van der Waals surface area contributed by atoms with Crippen LogP contribution in [0.5, 0.6) is 11.5 Å². The van der Waals surface area contributed by atoms with Gasteiger partial charge in [0.05, 0.1) is 17.1 Å². The van der Waals surface area contributed by atoms with Gasteiger partial charge in [-0.1, -0.05) is 23.2 Å². The average Bonchev–Trinajstić information content (AvgIpc) is 2.72. The molecule has 0 aliphatic carbocycles. The number of esters is 1. The number of amides is 1. The summed E-state index contributed by atoms with van der Waals surface area (Å²) in [5, 5.41) is 3.21. The molecule has 1 aliphatic rings. The molecule has 7 nitrogen and oxygen atoms in total. The Balaban J connectivity index is 1.43. The molecule has 3 rings (SSSR count). The summed E-state index contributed by atoms with van der Waals surface area (Å²) in [6.07, 6.45) is -0.203. The van der Waals surface area contributed by atoms with E-state index < -0.39 is 18.5 Å². The molecule has 1 aliphatic heterocycles. The van der Waals surface area contributed by atoms with Crippen molar-refractivity contribution in [3.63, 3.8) is 0 Å². The summed E-state index contributed by atoms with van der Waals surface area (Å²) in [5.74, 6) is -0.369. The van der Waals surface area contributed by atoms with Crippen LogP contribution in [-0.2, 0) is 14.3 Å². The molecule has 0 aromatic heterocycles. The number of Topliss-reactive ketones (excluding diaryl/α,β-unsaturated/α-hetero) is 1. The van der Waals surface area contributed by atoms with Crippen molar-refractivity contribution in [2.24, 2.45) is 0 Å². The highest BCUT2D eigenvalue weighted by Crippen LogP contribution is 2.31. The molecule has 2 aromatic rings. The van der Waals surface area contributed by atoms with Gasteiger partial charge in [-0.05, 0) is 36.4 Å². The third kappa shape index (κ3) is 5.85. The van der Waals surface area contributed by atoms with Gasteiger partial charge in [0.1, 0.15) is 13.2 Å². The third-order valence-electron chi connectivity index (χ3n) is 3.99. The number of anilines is 1. The van der Waals surface area contributed by atoms with E-state index in [4.69, 9.17) is 37.4 Å². The molecule has 0 fully saturated rings. The molecule has 29 heavy (non-hydrogen) atoms. The first-order valence-corrected chi connectivity index (χ1v) is 9.51. The Morgan fingerprint density at radius 3 is 2.48 bits per heavy atom. The number of fused-ring (bicyclic) bond motifs is 1. The maximum absolute atomic E-state index is 12.3. The van der Waals surface area contributed by atoms with Crippen LogP contribution in [-0.4, -0.2) is 37.5 Å². The maximum Gasteiger partial charge on any atom is 0.306 e. The van der Waals surface area contributed by atoms with E-state index in [-0.39, 0.29) is 23.6 Å². The van der Waals surface area contributed by atoms with E-state index in [1.165, 1.54) is 12.1 Å². The smallest absolute Gasteiger partial charge is 0.306 e. The number of ether oxygens (including phenoxy) is 3. The van der Waals surface area contributed by atoms with E-state index >= 15 is 0 Å². The molecule has 2 aromatic carbocycles. The fourth-order valence-corrected chi connectivity index (χ4v) is 3.03. The first-order valence-electron chi connectivity index (χ1n) is 8.76. The lowest BCUT2D eigenvalue weighted by Crippen LogP contribution is -2.21. The molecule has 1 amide bonds. The Morgan fingerprint density at radius 2 is 1.72 bits per heavy atom. The van der Waals surface area contributed by atoms with Gasteiger partial charge in [0.25, 0.3) is 5.91 Å². The molecular weight excluding hydrogens is 421 g/mol. The van der Waals surface area contributed by atoms with Crippen LogP contribution in [0.4, 0.5) is 5.69 Å². The molecule has 0 bridgehead atoms. The lowest BCUT2D eigenvalue weighted by atomic mass is 10.1. The normalized spacial score (nSPS) is 12.2. The highest BCUT2D eigenvalue weighted by molar-refractivity contribution is 6.36. The summed E-state index contributed by atoms with van der Waals surface area (Å²) in [5.41, 5.74) is 0.767. The molecule has 0 atom stereocenters. The topological polar surface area (TPSA) is 90.9 Å². The molecule has 0 saturated heterocycles. The van der Waals surface area contributed by atoms with Crippen molar-refractivity contribution in [2.75, 3.05) is 25.1 Å². The van der Waals surface area contributed by atoms with Gasteiger partial charge in [-0.2, -0.15) is 0 Å². The number of benzene rings is 2. The Hall–Kier alpha value is -2.77. The van der Waals surface area contributed by atoms with E-state index in [9.17, 15) is 14.4 Å². The van der Waals surface area contributed by atoms with E-state index in [1.54, 1.807) is 24.3 Å². The quantitative estimate of drug-likeness (QED) is 0.521. The van der Waals surface area contributed by atoms with Gasteiger partial charge >= 0.3 is 5.97 Å². The maximum atomic E-state index is 12.3. The summed E-state index contributed by atoms with van der Waals surface area (Å²) in [7, 11) is 0. The summed E-state index contributed by atoms with van der Waals surface area (Å²) in [6.45, 7) is 0.389. The lowest BCUT2D eigenvalue weighted by Gasteiger charge is -2.18. The monoisotopic (exact) mass is 437 g/mol. The van der Waals surface area contributed by atoms with Gasteiger partial charge in [0.15, 0.2) is 23.9 Å². The summed E-state index contributed by atoms with van der Waals surface area (Å²) >= 11 is 11.8. The first kappa shape index (κ1) is 21.0. The molecule has 0 spiro atoms. The van der Waals surface area contributed by atoms with Gasteiger partial charge in [-0.3, -0.25) is 14.4 Å². The van der Waals surface area contributed by atoms with Crippen molar-refractivity contribution in [1.82, 2.24) is 0 Å². The van der Waals surface area contributed by atoms with Crippen LogP contribution < -0.4 is 14.8 Å². The number of hydrogen-bond acceptors (Lipinski definition) is 6. The highest BCUT2D eigenvalue weighted by atomic mass is 35.5. The summed E-state index contributed by atoms with van der Waals surface area (Å²) < 4.78 is 15.7. The van der Waals surface area contributed by atoms with Gasteiger partial charge < -0.3 is 19.5 Å². The van der Waals surface area contributed by atoms with Crippen molar-refractivity contribution in [1.29, 1.82) is 0 Å². The van der Waals surface area contributed by atoms with Crippen molar-refractivity contribution in [3.8, 4) is 11.5 Å². The number of carbonyl (C=O) groups is 3. The van der Waals surface area contributed by atoms with Crippen LogP contribution in [0.15, 0.2) is 36.4 Å². The molecule has 152 valence electrons. The highest BCUT2D eigenvalue weighted by Gasteiger charge is 2.17. The van der Waals surface area contributed by atoms with Crippen LogP contribution >= 0.6 is 23.2 Å². The van der Waals surface area contributed by atoms with Crippen LogP contribution in [0.2, 0.25) is 10.0 Å². The number of hydrogen-bond donors (Lipinski definition) is 1. The predicted molar refractivity (Wildman–Crippen MR) is 107 cm³/mol. The minimum absolute atomic E-state index is 0.0525. The molecular formula is C20H17Cl2NO6. The van der Waals surface area contributed by atoms with E-state index in [2.05, 4.69) is 5.32 Å². The van der Waals surface area contributed by atoms with Crippen molar-refractivity contribution < 1.29 is 28.6 Å². The van der Waals surface area contributed by atoms with E-state index in [0.717, 1.165) is 0 Å². The molecule has 0 radical (unpaired) electrons. The van der Waals surface area contributed by atoms with Gasteiger partial charge in [-0.15, -0.1) is 0 Å². The average molecular weight is 438 g/mol. The Labute approximate surface area is 176 Å². The minimum Gasteiger partial charge on any atom is -0.486 e. The van der Waals surface area contributed by atoms with E-state index in [1.807, 2.05) is 0 Å². The van der Waals surface area contributed by atoms with Crippen LogP contribution in [0.3, 0.4) is 0 Å². The van der Waals surface area contributed by atoms with Gasteiger partial charge in [-0.25, -0.2) is 0 Å². The van der Waals surface area contributed by atoms with Crippen molar-refractivity contribution in [3.05, 3.63) is 52.0 Å². The van der Waals surface area contributed by atoms with Gasteiger partial charge in [0, 0.05) is 17.0 Å². The number of nitrogens with one attached hydrogen (secondary N) is 1. The Kier molecular flexibility index (Phi) is 6.95. The lowest BCUT2D eigenvalue weighted by molar-refractivity contribution is -0.147. The summed E-state index contributed by atoms with van der Waals surface area (Å²) in [4.78, 5) is 36.0. The molecule has 0 saturated carbocycles. The second-order valence-corrected chi connectivity index (χ2v) is 6.96. The number of rotatable bonds is 7. The van der Waals surface area contributed by atoms with Crippen molar-refractivity contribution >= 4 is 46.5 Å². The fraction of sp³-hybridized carbons (Fsp3) is 0.250.